The summed E-state index contributed by atoms with van der Waals surface area (Å²) in [5.41, 5.74) is 0. The van der Waals surface area contributed by atoms with E-state index in [1.165, 1.54) is 0 Å². The first kappa shape index (κ1) is 12.9. The molecule has 0 aromatic heterocycles. The van der Waals surface area contributed by atoms with Gasteiger partial charge in [0.15, 0.2) is 5.96 Å². The molecular formula is C10H21N3O. The number of hydrogen-bond donors (Lipinski definition) is 3. The van der Waals surface area contributed by atoms with E-state index in [-0.39, 0.29) is 17.7 Å². The maximum Gasteiger partial charge on any atom is 0.188 e. The van der Waals surface area contributed by atoms with Gasteiger partial charge >= 0.3 is 0 Å². The molecule has 0 aliphatic carbocycles. The van der Waals surface area contributed by atoms with Crippen LogP contribution in [0.15, 0.2) is 0 Å². The number of guanidine groups is 1. The van der Waals surface area contributed by atoms with Gasteiger partial charge in [0.1, 0.15) is 5.78 Å². The summed E-state index contributed by atoms with van der Waals surface area (Å²) in [5.74, 6) is 1.03. The molecule has 0 saturated carbocycles. The fourth-order valence-electron chi connectivity index (χ4n) is 0.999. The van der Waals surface area contributed by atoms with Gasteiger partial charge in [0, 0.05) is 25.9 Å². The SMILES string of the molecule is CNC(=N)NCCC(=O)C(C)C(C)C. The summed E-state index contributed by atoms with van der Waals surface area (Å²) in [4.78, 5) is 11.5. The quantitative estimate of drug-likeness (QED) is 0.457. The van der Waals surface area contributed by atoms with Crippen molar-refractivity contribution in [3.05, 3.63) is 0 Å². The Morgan fingerprint density at radius 2 is 1.93 bits per heavy atom. The van der Waals surface area contributed by atoms with E-state index in [1.807, 2.05) is 20.8 Å². The predicted octanol–water partition coefficient (Wildman–Crippen LogP) is 0.981. The Hall–Kier alpha value is -1.06. The van der Waals surface area contributed by atoms with Gasteiger partial charge in [-0.25, -0.2) is 0 Å². The van der Waals surface area contributed by atoms with E-state index in [0.717, 1.165) is 0 Å². The van der Waals surface area contributed by atoms with Gasteiger partial charge in [-0.2, -0.15) is 0 Å². The standard InChI is InChI=1S/C10H21N3O/c1-7(2)8(3)9(14)5-6-13-10(11)12-4/h7-8H,5-6H2,1-4H3,(H3,11,12,13). The molecule has 0 saturated heterocycles. The molecule has 82 valence electrons. The summed E-state index contributed by atoms with van der Waals surface area (Å²) >= 11 is 0. The molecular weight excluding hydrogens is 178 g/mol. The first-order valence-corrected chi connectivity index (χ1v) is 5.02. The van der Waals surface area contributed by atoms with E-state index in [1.54, 1.807) is 7.05 Å². The van der Waals surface area contributed by atoms with E-state index < -0.39 is 0 Å². The predicted molar refractivity (Wildman–Crippen MR) is 58.4 cm³/mol. The van der Waals surface area contributed by atoms with Crippen molar-refractivity contribution in [2.75, 3.05) is 13.6 Å². The molecule has 0 aliphatic rings. The Morgan fingerprint density at radius 1 is 1.36 bits per heavy atom. The maximum atomic E-state index is 11.5. The Labute approximate surface area is 86.0 Å². The zero-order valence-electron chi connectivity index (χ0n) is 9.48. The van der Waals surface area contributed by atoms with Gasteiger partial charge in [0.25, 0.3) is 0 Å². The van der Waals surface area contributed by atoms with Crippen LogP contribution in [0.25, 0.3) is 0 Å². The lowest BCUT2D eigenvalue weighted by molar-refractivity contribution is -0.123. The van der Waals surface area contributed by atoms with Crippen molar-refractivity contribution in [2.45, 2.75) is 27.2 Å². The van der Waals surface area contributed by atoms with Crippen LogP contribution >= 0.6 is 0 Å². The van der Waals surface area contributed by atoms with Gasteiger partial charge < -0.3 is 10.6 Å². The Balaban J connectivity index is 3.69. The molecule has 0 spiro atoms. The molecule has 4 nitrogen and oxygen atoms in total. The van der Waals surface area contributed by atoms with E-state index in [9.17, 15) is 4.79 Å². The summed E-state index contributed by atoms with van der Waals surface area (Å²) in [7, 11) is 1.67. The molecule has 0 fully saturated rings. The van der Waals surface area contributed by atoms with Crippen LogP contribution < -0.4 is 10.6 Å². The summed E-state index contributed by atoms with van der Waals surface area (Å²) < 4.78 is 0. The molecule has 0 aromatic rings. The zero-order valence-corrected chi connectivity index (χ0v) is 9.48. The van der Waals surface area contributed by atoms with Crippen LogP contribution in [0.3, 0.4) is 0 Å². The third kappa shape index (κ3) is 4.84. The minimum absolute atomic E-state index is 0.112. The first-order valence-electron chi connectivity index (χ1n) is 5.02. The lowest BCUT2D eigenvalue weighted by Crippen LogP contribution is -2.35. The zero-order chi connectivity index (χ0) is 11.1. The highest BCUT2D eigenvalue weighted by Crippen LogP contribution is 2.11. The lowest BCUT2D eigenvalue weighted by atomic mass is 9.92. The van der Waals surface area contributed by atoms with Crippen molar-refractivity contribution >= 4 is 11.7 Å². The monoisotopic (exact) mass is 199 g/mol. The highest BCUT2D eigenvalue weighted by Gasteiger charge is 2.15. The van der Waals surface area contributed by atoms with Crippen molar-refractivity contribution in [3.8, 4) is 0 Å². The molecule has 0 amide bonds. The Kier molecular flexibility index (Phi) is 5.92. The Bertz CT molecular complexity index is 202. The molecule has 4 heteroatoms. The van der Waals surface area contributed by atoms with E-state index in [2.05, 4.69) is 10.6 Å². The van der Waals surface area contributed by atoms with Crippen LogP contribution in [-0.2, 0) is 4.79 Å². The topological polar surface area (TPSA) is 65.0 Å². The summed E-state index contributed by atoms with van der Waals surface area (Å²) in [6.07, 6.45) is 0.489. The average molecular weight is 199 g/mol. The highest BCUT2D eigenvalue weighted by atomic mass is 16.1. The van der Waals surface area contributed by atoms with Gasteiger partial charge in [-0.15, -0.1) is 0 Å². The van der Waals surface area contributed by atoms with Crippen molar-refractivity contribution in [1.29, 1.82) is 5.41 Å². The fourth-order valence-corrected chi connectivity index (χ4v) is 0.999. The number of Topliss-reactive ketones (excluding diaryl/α,β-unsaturated/α-hetero) is 1. The summed E-state index contributed by atoms with van der Waals surface area (Å²) in [5, 5.41) is 12.7. The fraction of sp³-hybridized carbons (Fsp3) is 0.800. The van der Waals surface area contributed by atoms with Crippen LogP contribution in [0, 0.1) is 17.2 Å². The number of hydrogen-bond acceptors (Lipinski definition) is 2. The van der Waals surface area contributed by atoms with E-state index in [0.29, 0.717) is 18.9 Å². The number of carbonyl (C=O) groups is 1. The van der Waals surface area contributed by atoms with Crippen molar-refractivity contribution in [1.82, 2.24) is 10.6 Å². The molecule has 3 N–H and O–H groups in total. The number of rotatable bonds is 5. The molecule has 0 rings (SSSR count). The number of nitrogens with one attached hydrogen (secondary N) is 3. The molecule has 0 heterocycles. The minimum atomic E-state index is 0.112. The van der Waals surface area contributed by atoms with Gasteiger partial charge in [0.2, 0.25) is 0 Å². The van der Waals surface area contributed by atoms with Crippen LogP contribution in [0.4, 0.5) is 0 Å². The van der Waals surface area contributed by atoms with Gasteiger partial charge in [-0.05, 0) is 5.92 Å². The number of carbonyl (C=O) groups excluding carboxylic acids is 1. The molecule has 14 heavy (non-hydrogen) atoms. The lowest BCUT2D eigenvalue weighted by Gasteiger charge is -2.14. The second-order valence-electron chi connectivity index (χ2n) is 3.80. The normalized spacial score (nSPS) is 12.4. The van der Waals surface area contributed by atoms with Crippen LogP contribution in [-0.4, -0.2) is 25.3 Å². The highest BCUT2D eigenvalue weighted by molar-refractivity contribution is 5.82. The van der Waals surface area contributed by atoms with Crippen LogP contribution in [0.1, 0.15) is 27.2 Å². The first-order chi connectivity index (χ1) is 6.49. The number of ketones is 1. The van der Waals surface area contributed by atoms with E-state index in [4.69, 9.17) is 5.41 Å². The molecule has 0 aromatic carbocycles. The average Bonchev–Trinajstić information content (AvgIpc) is 2.15. The van der Waals surface area contributed by atoms with Crippen molar-refractivity contribution in [2.24, 2.45) is 11.8 Å². The van der Waals surface area contributed by atoms with Gasteiger partial charge in [0.05, 0.1) is 0 Å². The maximum absolute atomic E-state index is 11.5. The molecule has 0 aliphatic heterocycles. The second kappa shape index (κ2) is 6.40. The summed E-state index contributed by atoms with van der Waals surface area (Å²) in [6, 6.07) is 0. The second-order valence-corrected chi connectivity index (χ2v) is 3.80. The van der Waals surface area contributed by atoms with Gasteiger partial charge in [-0.1, -0.05) is 20.8 Å². The van der Waals surface area contributed by atoms with Crippen molar-refractivity contribution in [3.63, 3.8) is 0 Å². The smallest absolute Gasteiger partial charge is 0.188 e. The molecule has 1 unspecified atom stereocenters. The third-order valence-corrected chi connectivity index (χ3v) is 2.43. The summed E-state index contributed by atoms with van der Waals surface area (Å²) in [6.45, 7) is 6.59. The molecule has 0 bridgehead atoms. The molecule has 0 radical (unpaired) electrons. The largest absolute Gasteiger partial charge is 0.360 e. The third-order valence-electron chi connectivity index (χ3n) is 2.43. The minimum Gasteiger partial charge on any atom is -0.360 e. The van der Waals surface area contributed by atoms with Crippen LogP contribution in [0.2, 0.25) is 0 Å². The van der Waals surface area contributed by atoms with Gasteiger partial charge in [-0.3, -0.25) is 10.2 Å². The molecule has 1 atom stereocenters. The Morgan fingerprint density at radius 3 is 2.36 bits per heavy atom. The van der Waals surface area contributed by atoms with E-state index >= 15 is 0 Å². The van der Waals surface area contributed by atoms with Crippen LogP contribution in [0.5, 0.6) is 0 Å². The van der Waals surface area contributed by atoms with Crippen molar-refractivity contribution < 1.29 is 4.79 Å².